The summed E-state index contributed by atoms with van der Waals surface area (Å²) in [5, 5.41) is 0. The number of Topliss-reactive ketones (excluding diaryl/α,β-unsaturated/α-hetero) is 1. The van der Waals surface area contributed by atoms with E-state index in [1.165, 1.54) is 31.4 Å². The van der Waals surface area contributed by atoms with Crippen molar-refractivity contribution in [2.45, 2.75) is 31.6 Å². The SMILES string of the molecule is O=C(c1ccc(C2CCC2)cc1)C(F)F. The van der Waals surface area contributed by atoms with Gasteiger partial charge >= 0.3 is 6.43 Å². The third-order valence-electron chi connectivity index (χ3n) is 2.97. The van der Waals surface area contributed by atoms with E-state index in [1.54, 1.807) is 12.1 Å². The molecule has 0 heterocycles. The van der Waals surface area contributed by atoms with Crippen LogP contribution >= 0.6 is 0 Å². The number of halogens is 2. The predicted molar refractivity (Wildman–Crippen MR) is 53.4 cm³/mol. The van der Waals surface area contributed by atoms with Gasteiger partial charge in [-0.25, -0.2) is 8.78 Å². The van der Waals surface area contributed by atoms with Gasteiger partial charge in [0.25, 0.3) is 0 Å². The maximum absolute atomic E-state index is 12.1. The third kappa shape index (κ3) is 2.06. The van der Waals surface area contributed by atoms with Crippen LogP contribution in [0.5, 0.6) is 0 Å². The number of ketones is 1. The van der Waals surface area contributed by atoms with Crippen molar-refractivity contribution in [3.63, 3.8) is 0 Å². The fraction of sp³-hybridized carbons (Fsp3) is 0.417. The van der Waals surface area contributed by atoms with Crippen LogP contribution in [0, 0.1) is 0 Å². The average molecular weight is 210 g/mol. The standard InChI is InChI=1S/C12H12F2O/c13-12(14)11(15)10-6-4-9(5-7-10)8-2-1-3-8/h4-8,12H,1-3H2. The maximum atomic E-state index is 12.1. The molecule has 0 saturated heterocycles. The fourth-order valence-corrected chi connectivity index (χ4v) is 1.79. The van der Waals surface area contributed by atoms with Gasteiger partial charge in [-0.1, -0.05) is 30.7 Å². The molecule has 0 aromatic heterocycles. The van der Waals surface area contributed by atoms with Gasteiger partial charge in [0.2, 0.25) is 5.78 Å². The molecule has 80 valence electrons. The van der Waals surface area contributed by atoms with Crippen LogP contribution in [-0.4, -0.2) is 12.2 Å². The van der Waals surface area contributed by atoms with E-state index >= 15 is 0 Å². The summed E-state index contributed by atoms with van der Waals surface area (Å²) in [4.78, 5) is 11.0. The van der Waals surface area contributed by atoms with Crippen LogP contribution in [0.25, 0.3) is 0 Å². The highest BCUT2D eigenvalue weighted by atomic mass is 19.3. The van der Waals surface area contributed by atoms with E-state index in [-0.39, 0.29) is 5.56 Å². The van der Waals surface area contributed by atoms with Crippen LogP contribution in [0.1, 0.15) is 41.1 Å². The van der Waals surface area contributed by atoms with Gasteiger partial charge in [-0.15, -0.1) is 0 Å². The maximum Gasteiger partial charge on any atom is 0.300 e. The zero-order valence-corrected chi connectivity index (χ0v) is 8.25. The smallest absolute Gasteiger partial charge is 0.288 e. The summed E-state index contributed by atoms with van der Waals surface area (Å²) in [6, 6.07) is 6.59. The van der Waals surface area contributed by atoms with Gasteiger partial charge in [-0.2, -0.15) is 0 Å². The van der Waals surface area contributed by atoms with E-state index in [1.807, 2.05) is 0 Å². The van der Waals surface area contributed by atoms with Crippen LogP contribution in [0.15, 0.2) is 24.3 Å². The summed E-state index contributed by atoms with van der Waals surface area (Å²) in [5.41, 5.74) is 1.26. The van der Waals surface area contributed by atoms with Gasteiger partial charge in [-0.05, 0) is 24.3 Å². The van der Waals surface area contributed by atoms with E-state index in [0.29, 0.717) is 5.92 Å². The molecule has 0 spiro atoms. The van der Waals surface area contributed by atoms with Crippen molar-refractivity contribution in [1.29, 1.82) is 0 Å². The third-order valence-corrected chi connectivity index (χ3v) is 2.97. The number of carbonyl (C=O) groups excluding carboxylic acids is 1. The minimum Gasteiger partial charge on any atom is -0.288 e. The van der Waals surface area contributed by atoms with Gasteiger partial charge in [0.05, 0.1) is 0 Å². The highest BCUT2D eigenvalue weighted by Crippen LogP contribution is 2.36. The molecule has 1 aliphatic rings. The lowest BCUT2D eigenvalue weighted by Gasteiger charge is -2.25. The Morgan fingerprint density at radius 1 is 1.20 bits per heavy atom. The van der Waals surface area contributed by atoms with Crippen LogP contribution < -0.4 is 0 Å². The molecule has 0 unspecified atom stereocenters. The topological polar surface area (TPSA) is 17.1 Å². The zero-order valence-electron chi connectivity index (χ0n) is 8.25. The van der Waals surface area contributed by atoms with Crippen molar-refractivity contribution in [1.82, 2.24) is 0 Å². The number of hydrogen-bond donors (Lipinski definition) is 0. The summed E-state index contributed by atoms with van der Waals surface area (Å²) in [6.45, 7) is 0. The first-order valence-electron chi connectivity index (χ1n) is 5.11. The van der Waals surface area contributed by atoms with Crippen molar-refractivity contribution < 1.29 is 13.6 Å². The molecular formula is C12H12F2O. The Morgan fingerprint density at radius 2 is 1.80 bits per heavy atom. The number of hydrogen-bond acceptors (Lipinski definition) is 1. The Morgan fingerprint density at radius 3 is 2.20 bits per heavy atom. The molecular weight excluding hydrogens is 198 g/mol. The Labute approximate surface area is 87.1 Å². The molecule has 15 heavy (non-hydrogen) atoms. The van der Waals surface area contributed by atoms with Gasteiger partial charge in [-0.3, -0.25) is 4.79 Å². The Kier molecular flexibility index (Phi) is 2.80. The van der Waals surface area contributed by atoms with Crippen LogP contribution in [-0.2, 0) is 0 Å². The molecule has 2 rings (SSSR count). The Bertz CT molecular complexity index is 352. The van der Waals surface area contributed by atoms with Gasteiger partial charge in [0.1, 0.15) is 0 Å². The first-order valence-corrected chi connectivity index (χ1v) is 5.11. The van der Waals surface area contributed by atoms with E-state index in [4.69, 9.17) is 0 Å². The van der Waals surface area contributed by atoms with Crippen molar-refractivity contribution in [3.05, 3.63) is 35.4 Å². The zero-order chi connectivity index (χ0) is 10.8. The van der Waals surface area contributed by atoms with Crippen LogP contribution in [0.4, 0.5) is 8.78 Å². The fourth-order valence-electron chi connectivity index (χ4n) is 1.79. The van der Waals surface area contributed by atoms with Crippen molar-refractivity contribution in [2.24, 2.45) is 0 Å². The Balaban J connectivity index is 2.12. The monoisotopic (exact) mass is 210 g/mol. The molecule has 0 amide bonds. The van der Waals surface area contributed by atoms with E-state index in [9.17, 15) is 13.6 Å². The lowest BCUT2D eigenvalue weighted by molar-refractivity contribution is 0.0678. The lowest BCUT2D eigenvalue weighted by atomic mass is 9.80. The van der Waals surface area contributed by atoms with E-state index in [2.05, 4.69) is 0 Å². The molecule has 3 heteroatoms. The lowest BCUT2D eigenvalue weighted by Crippen LogP contribution is -2.11. The number of alkyl halides is 2. The first-order chi connectivity index (χ1) is 7.18. The summed E-state index contributed by atoms with van der Waals surface area (Å²) < 4.78 is 24.2. The molecule has 1 fully saturated rings. The second-order valence-electron chi connectivity index (χ2n) is 3.91. The minimum absolute atomic E-state index is 0.105. The molecule has 0 bridgehead atoms. The van der Waals surface area contributed by atoms with Crippen molar-refractivity contribution in [3.8, 4) is 0 Å². The van der Waals surface area contributed by atoms with Gasteiger partial charge < -0.3 is 0 Å². The van der Waals surface area contributed by atoms with Gasteiger partial charge in [0, 0.05) is 5.56 Å². The minimum atomic E-state index is -2.90. The Hall–Kier alpha value is -1.25. The van der Waals surface area contributed by atoms with Crippen molar-refractivity contribution in [2.75, 3.05) is 0 Å². The molecule has 0 aliphatic heterocycles. The second kappa shape index (κ2) is 4.09. The quantitative estimate of drug-likeness (QED) is 0.699. The van der Waals surface area contributed by atoms with Crippen LogP contribution in [0.3, 0.4) is 0 Å². The van der Waals surface area contributed by atoms with E-state index < -0.39 is 12.2 Å². The summed E-state index contributed by atoms with van der Waals surface area (Å²) in [5.74, 6) is -0.518. The molecule has 0 N–H and O–H groups in total. The molecule has 1 aromatic carbocycles. The average Bonchev–Trinajstić information content (AvgIpc) is 2.15. The first kappa shape index (κ1) is 10.3. The molecule has 1 nitrogen and oxygen atoms in total. The molecule has 0 atom stereocenters. The summed E-state index contributed by atoms with van der Waals surface area (Å²) >= 11 is 0. The summed E-state index contributed by atoms with van der Waals surface area (Å²) in [7, 11) is 0. The number of benzene rings is 1. The van der Waals surface area contributed by atoms with E-state index in [0.717, 1.165) is 5.56 Å². The largest absolute Gasteiger partial charge is 0.300 e. The highest BCUT2D eigenvalue weighted by molar-refractivity contribution is 5.98. The number of carbonyl (C=O) groups is 1. The highest BCUT2D eigenvalue weighted by Gasteiger charge is 2.21. The predicted octanol–water partition coefficient (Wildman–Crippen LogP) is 3.40. The van der Waals surface area contributed by atoms with Gasteiger partial charge in [0.15, 0.2) is 0 Å². The summed E-state index contributed by atoms with van der Waals surface area (Å²) in [6.07, 6.45) is 0.673. The van der Waals surface area contributed by atoms with Crippen molar-refractivity contribution >= 4 is 5.78 Å². The normalized spacial score (nSPS) is 16.5. The molecule has 1 aliphatic carbocycles. The number of rotatable bonds is 3. The second-order valence-corrected chi connectivity index (χ2v) is 3.91. The molecule has 1 saturated carbocycles. The van der Waals surface area contributed by atoms with Crippen LogP contribution in [0.2, 0.25) is 0 Å². The molecule has 1 aromatic rings. The molecule has 0 radical (unpaired) electrons.